The summed E-state index contributed by atoms with van der Waals surface area (Å²) >= 11 is 1.75. The van der Waals surface area contributed by atoms with Crippen molar-refractivity contribution in [2.75, 3.05) is 26.1 Å². The topological polar surface area (TPSA) is 73.8 Å². The quantitative estimate of drug-likeness (QED) is 0.819. The Bertz CT molecular complexity index is 510. The van der Waals surface area contributed by atoms with Crippen LogP contribution in [0.4, 0.5) is 0 Å². The summed E-state index contributed by atoms with van der Waals surface area (Å²) in [4.78, 5) is 7.61. The van der Waals surface area contributed by atoms with Crippen molar-refractivity contribution in [3.63, 3.8) is 0 Å². The van der Waals surface area contributed by atoms with Crippen molar-refractivity contribution in [3.05, 3.63) is 22.4 Å². The first kappa shape index (κ1) is 13.3. The van der Waals surface area contributed by atoms with Crippen LogP contribution in [0.2, 0.25) is 0 Å². The lowest BCUT2D eigenvalue weighted by atomic mass is 10.3. The smallest absolute Gasteiger partial charge is 0.232 e. The van der Waals surface area contributed by atoms with E-state index < -0.39 is 10.0 Å². The Balaban J connectivity index is 1.79. The lowest BCUT2D eigenvalue weighted by Crippen LogP contribution is -2.50. The molecule has 0 aromatic carbocycles. The monoisotopic (exact) mass is 288 g/mol. The summed E-state index contributed by atoms with van der Waals surface area (Å²) in [6.07, 6.45) is 2.10. The van der Waals surface area contributed by atoms with Crippen LogP contribution in [0.5, 0.6) is 0 Å². The number of guanidine groups is 1. The zero-order chi connectivity index (χ0) is 13.0. The molecule has 0 saturated heterocycles. The van der Waals surface area contributed by atoms with E-state index in [1.165, 1.54) is 4.88 Å². The van der Waals surface area contributed by atoms with Gasteiger partial charge in [0.1, 0.15) is 0 Å². The molecule has 18 heavy (non-hydrogen) atoms. The van der Waals surface area contributed by atoms with Crippen molar-refractivity contribution in [1.82, 2.24) is 14.9 Å². The summed E-state index contributed by atoms with van der Waals surface area (Å²) in [6.45, 7) is 2.02. The van der Waals surface area contributed by atoms with Gasteiger partial charge in [-0.25, -0.2) is 13.4 Å². The summed E-state index contributed by atoms with van der Waals surface area (Å²) in [5.41, 5.74) is 0. The fourth-order valence-corrected chi connectivity index (χ4v) is 2.77. The normalized spacial score (nSPS) is 17.1. The van der Waals surface area contributed by atoms with Crippen LogP contribution in [0.25, 0.3) is 0 Å². The Hall–Kier alpha value is -1.12. The fraction of sp³-hybridized carbons (Fsp3) is 0.500. The lowest BCUT2D eigenvalue weighted by molar-refractivity contribution is 0.267. The first-order valence-corrected chi connectivity index (χ1v) is 8.31. The minimum atomic E-state index is -3.25. The first-order chi connectivity index (χ1) is 8.53. The molecule has 0 bridgehead atoms. The largest absolute Gasteiger partial charge is 0.343 e. The second kappa shape index (κ2) is 5.68. The Morgan fingerprint density at radius 2 is 2.44 bits per heavy atom. The highest BCUT2D eigenvalue weighted by Gasteiger charge is 2.14. The number of thiophene rings is 1. The zero-order valence-electron chi connectivity index (χ0n) is 10.1. The summed E-state index contributed by atoms with van der Waals surface area (Å²) in [6, 6.07) is 4.16. The van der Waals surface area contributed by atoms with E-state index in [0.29, 0.717) is 19.3 Å². The number of aliphatic imine (C=N–C) groups is 1. The highest BCUT2D eigenvalue weighted by Crippen LogP contribution is 2.09. The lowest BCUT2D eigenvalue weighted by Gasteiger charge is -2.26. The van der Waals surface area contributed by atoms with Crippen molar-refractivity contribution in [1.29, 1.82) is 0 Å². The van der Waals surface area contributed by atoms with E-state index in [1.807, 2.05) is 6.07 Å². The average molecular weight is 288 g/mol. The van der Waals surface area contributed by atoms with Crippen LogP contribution in [0.1, 0.15) is 4.88 Å². The highest BCUT2D eigenvalue weighted by molar-refractivity contribution is 7.89. The third-order valence-corrected chi connectivity index (χ3v) is 3.94. The predicted molar refractivity (Wildman–Crippen MR) is 73.0 cm³/mol. The minimum absolute atomic E-state index is 0.324. The van der Waals surface area contributed by atoms with Gasteiger partial charge in [0.05, 0.1) is 19.6 Å². The number of nitrogens with one attached hydrogen (secondary N) is 2. The maximum absolute atomic E-state index is 11.0. The molecule has 100 valence electrons. The number of hydrogen-bond acceptors (Lipinski definition) is 6. The van der Waals surface area contributed by atoms with Crippen molar-refractivity contribution in [3.8, 4) is 0 Å². The molecule has 0 unspecified atom stereocenters. The van der Waals surface area contributed by atoms with E-state index in [0.717, 1.165) is 19.2 Å². The molecule has 2 rings (SSSR count). The van der Waals surface area contributed by atoms with Gasteiger partial charge in [-0.05, 0) is 17.9 Å². The van der Waals surface area contributed by atoms with Crippen molar-refractivity contribution < 1.29 is 8.42 Å². The molecule has 0 atom stereocenters. The molecule has 0 saturated carbocycles. The maximum Gasteiger partial charge on any atom is 0.232 e. The van der Waals surface area contributed by atoms with Gasteiger partial charge in [-0.2, -0.15) is 0 Å². The Morgan fingerprint density at radius 1 is 1.61 bits per heavy atom. The third-order valence-electron chi connectivity index (χ3n) is 2.44. The molecular formula is C10H16N4O2S2. The van der Waals surface area contributed by atoms with Crippen molar-refractivity contribution in [2.24, 2.45) is 4.99 Å². The van der Waals surface area contributed by atoms with E-state index in [1.54, 1.807) is 11.3 Å². The molecule has 1 aromatic rings. The molecule has 1 aliphatic rings. The molecule has 0 spiro atoms. The molecular weight excluding hydrogens is 272 g/mol. The van der Waals surface area contributed by atoms with Gasteiger partial charge in [-0.1, -0.05) is 6.07 Å². The van der Waals surface area contributed by atoms with Gasteiger partial charge in [0.15, 0.2) is 0 Å². The fourth-order valence-electron chi connectivity index (χ4n) is 1.58. The minimum Gasteiger partial charge on any atom is -0.343 e. The molecule has 0 amide bonds. The summed E-state index contributed by atoms with van der Waals surface area (Å²) in [5, 5.41) is 5.01. The zero-order valence-corrected chi connectivity index (χ0v) is 11.7. The van der Waals surface area contributed by atoms with E-state index >= 15 is 0 Å². The van der Waals surface area contributed by atoms with Crippen LogP contribution < -0.4 is 10.0 Å². The molecule has 1 aromatic heterocycles. The van der Waals surface area contributed by atoms with Crippen LogP contribution in [0.3, 0.4) is 0 Å². The molecule has 6 nitrogen and oxygen atoms in total. The Morgan fingerprint density at radius 3 is 3.00 bits per heavy atom. The van der Waals surface area contributed by atoms with Gasteiger partial charge in [-0.3, -0.25) is 9.62 Å². The highest BCUT2D eigenvalue weighted by atomic mass is 32.2. The van der Waals surface area contributed by atoms with E-state index in [-0.39, 0.29) is 0 Å². The van der Waals surface area contributed by atoms with E-state index in [9.17, 15) is 8.42 Å². The SMILES string of the molecule is CS(=O)(=O)NC1=NCN(CCc2cccs2)CN1. The van der Waals surface area contributed by atoms with Gasteiger partial charge >= 0.3 is 0 Å². The number of hydrogen-bond donors (Lipinski definition) is 2. The maximum atomic E-state index is 11.0. The van der Waals surface area contributed by atoms with Crippen LogP contribution in [-0.2, 0) is 16.4 Å². The van der Waals surface area contributed by atoms with Crippen molar-refractivity contribution in [2.45, 2.75) is 6.42 Å². The standard InChI is InChI=1S/C10H16N4O2S2/c1-18(15,16)13-10-11-7-14(8-12-10)5-4-9-3-2-6-17-9/h2-3,6H,4-5,7-8H2,1H3,(H2,11,12,13). The summed E-state index contributed by atoms with van der Waals surface area (Å²) in [5.74, 6) is 0.324. The average Bonchev–Trinajstić information content (AvgIpc) is 2.79. The van der Waals surface area contributed by atoms with Gasteiger partial charge in [0.2, 0.25) is 16.0 Å². The van der Waals surface area contributed by atoms with Gasteiger partial charge in [-0.15, -0.1) is 11.3 Å². The molecule has 0 radical (unpaired) electrons. The molecule has 2 N–H and O–H groups in total. The van der Waals surface area contributed by atoms with Gasteiger partial charge < -0.3 is 5.32 Å². The molecule has 0 fully saturated rings. The second-order valence-electron chi connectivity index (χ2n) is 4.08. The van der Waals surface area contributed by atoms with Crippen LogP contribution in [0, 0.1) is 0 Å². The van der Waals surface area contributed by atoms with Gasteiger partial charge in [0, 0.05) is 11.4 Å². The Labute approximate surface area is 111 Å². The molecule has 2 heterocycles. The van der Waals surface area contributed by atoms with E-state index in [4.69, 9.17) is 0 Å². The second-order valence-corrected chi connectivity index (χ2v) is 6.86. The van der Waals surface area contributed by atoms with Crippen LogP contribution >= 0.6 is 11.3 Å². The van der Waals surface area contributed by atoms with Crippen LogP contribution in [-0.4, -0.2) is 45.4 Å². The molecule has 0 aliphatic carbocycles. The summed E-state index contributed by atoms with van der Waals surface area (Å²) in [7, 11) is -3.25. The first-order valence-electron chi connectivity index (χ1n) is 5.54. The van der Waals surface area contributed by atoms with Crippen molar-refractivity contribution >= 4 is 27.3 Å². The number of sulfonamides is 1. The number of rotatable bonds is 4. The van der Waals surface area contributed by atoms with Gasteiger partial charge in [0.25, 0.3) is 0 Å². The molecule has 8 heteroatoms. The Kier molecular flexibility index (Phi) is 4.20. The summed E-state index contributed by atoms with van der Waals surface area (Å²) < 4.78 is 24.4. The predicted octanol–water partition coefficient (Wildman–Crippen LogP) is 0.0160. The number of nitrogens with zero attached hydrogens (tertiary/aromatic N) is 2. The third kappa shape index (κ3) is 4.28. The van der Waals surface area contributed by atoms with Crippen LogP contribution in [0.15, 0.2) is 22.5 Å². The molecule has 1 aliphatic heterocycles. The van der Waals surface area contributed by atoms with E-state index in [2.05, 4.69) is 31.4 Å².